The molecule has 8 heteroatoms. The molecule has 0 aliphatic rings. The van der Waals surface area contributed by atoms with Crippen molar-refractivity contribution in [3.05, 3.63) is 82.9 Å². The van der Waals surface area contributed by atoms with Gasteiger partial charge in [-0.2, -0.15) is 0 Å². The number of anilines is 1. The van der Waals surface area contributed by atoms with Crippen LogP contribution in [0.1, 0.15) is 27.0 Å². The number of methoxy groups -OCH3 is 2. The zero-order valence-corrected chi connectivity index (χ0v) is 19.2. The number of nitrogens with one attached hydrogen (secondary N) is 2. The van der Waals surface area contributed by atoms with E-state index in [1.54, 1.807) is 57.5 Å². The fourth-order valence-electron chi connectivity index (χ4n) is 3.19. The van der Waals surface area contributed by atoms with E-state index in [-0.39, 0.29) is 22.9 Å². The second-order valence-electron chi connectivity index (χ2n) is 7.27. The van der Waals surface area contributed by atoms with Gasteiger partial charge in [0, 0.05) is 12.1 Å². The normalized spacial score (nSPS) is 11.0. The van der Waals surface area contributed by atoms with Crippen molar-refractivity contribution in [1.82, 2.24) is 5.32 Å². The maximum Gasteiger partial charge on any atom is 0.262 e. The molecule has 3 aromatic carbocycles. The molecule has 0 fully saturated rings. The summed E-state index contributed by atoms with van der Waals surface area (Å²) in [6.45, 7) is 3.76. The summed E-state index contributed by atoms with van der Waals surface area (Å²) in [6, 6.07) is 17.1. The number of hydrogen-bond donors (Lipinski definition) is 2. The number of aryl methyl sites for hydroxylation is 2. The largest absolute Gasteiger partial charge is 0.493 e. The molecule has 3 aromatic rings. The zero-order valence-electron chi connectivity index (χ0n) is 18.4. The van der Waals surface area contributed by atoms with E-state index in [0.29, 0.717) is 22.7 Å². The molecule has 0 radical (unpaired) electrons. The molecule has 0 heterocycles. The van der Waals surface area contributed by atoms with Crippen LogP contribution in [-0.2, 0) is 16.6 Å². The van der Waals surface area contributed by atoms with Gasteiger partial charge in [-0.25, -0.2) is 8.42 Å². The van der Waals surface area contributed by atoms with Gasteiger partial charge in [0.15, 0.2) is 11.5 Å². The molecule has 32 heavy (non-hydrogen) atoms. The standard InChI is InChI=1S/C24H26N2O5S/c1-16-7-5-6-8-20(16)26-32(28,29)23-14-19(11-9-17(23)2)24(27)25-15-18-10-12-21(30-3)22(13-18)31-4/h5-14,26H,15H2,1-4H3,(H,25,27). The van der Waals surface area contributed by atoms with Crippen molar-refractivity contribution in [3.8, 4) is 11.5 Å². The van der Waals surface area contributed by atoms with Crippen LogP contribution in [0, 0.1) is 13.8 Å². The minimum absolute atomic E-state index is 0.0551. The summed E-state index contributed by atoms with van der Waals surface area (Å²) < 4.78 is 39.1. The highest BCUT2D eigenvalue weighted by Gasteiger charge is 2.20. The zero-order chi connectivity index (χ0) is 23.3. The fraction of sp³-hybridized carbons (Fsp3) is 0.208. The van der Waals surface area contributed by atoms with E-state index < -0.39 is 10.0 Å². The van der Waals surface area contributed by atoms with Gasteiger partial charge in [-0.3, -0.25) is 9.52 Å². The molecule has 168 valence electrons. The van der Waals surface area contributed by atoms with Crippen LogP contribution in [0.25, 0.3) is 0 Å². The molecule has 0 unspecified atom stereocenters. The number of ether oxygens (including phenoxy) is 2. The minimum atomic E-state index is -3.87. The molecule has 0 saturated heterocycles. The van der Waals surface area contributed by atoms with Gasteiger partial charge < -0.3 is 14.8 Å². The first-order valence-corrected chi connectivity index (χ1v) is 11.4. The molecule has 2 N–H and O–H groups in total. The highest BCUT2D eigenvalue weighted by molar-refractivity contribution is 7.92. The predicted molar refractivity (Wildman–Crippen MR) is 124 cm³/mol. The van der Waals surface area contributed by atoms with E-state index in [2.05, 4.69) is 10.0 Å². The molecule has 1 amide bonds. The molecule has 0 aromatic heterocycles. The van der Waals surface area contributed by atoms with Crippen LogP contribution in [0.5, 0.6) is 11.5 Å². The summed E-state index contributed by atoms with van der Waals surface area (Å²) in [4.78, 5) is 12.8. The Kier molecular flexibility index (Phi) is 7.05. The summed E-state index contributed by atoms with van der Waals surface area (Å²) in [5.74, 6) is 0.773. The topological polar surface area (TPSA) is 93.7 Å². The molecule has 0 aliphatic heterocycles. The lowest BCUT2D eigenvalue weighted by Crippen LogP contribution is -2.23. The average Bonchev–Trinajstić information content (AvgIpc) is 2.78. The quantitative estimate of drug-likeness (QED) is 0.536. The molecular weight excluding hydrogens is 428 g/mol. The minimum Gasteiger partial charge on any atom is -0.493 e. The predicted octanol–water partition coefficient (Wildman–Crippen LogP) is 4.05. The lowest BCUT2D eigenvalue weighted by atomic mass is 10.1. The Hall–Kier alpha value is -3.52. The van der Waals surface area contributed by atoms with Crippen molar-refractivity contribution >= 4 is 21.6 Å². The number of carbonyl (C=O) groups excluding carboxylic acids is 1. The number of para-hydroxylation sites is 1. The van der Waals surface area contributed by atoms with Crippen molar-refractivity contribution in [1.29, 1.82) is 0 Å². The maximum atomic E-state index is 13.0. The molecule has 0 saturated carbocycles. The third kappa shape index (κ3) is 5.20. The maximum absolute atomic E-state index is 13.0. The van der Waals surface area contributed by atoms with Crippen LogP contribution in [0.15, 0.2) is 65.6 Å². The average molecular weight is 455 g/mol. The Bertz CT molecular complexity index is 1240. The Morgan fingerprint density at radius 2 is 1.59 bits per heavy atom. The number of carbonyl (C=O) groups is 1. The number of sulfonamides is 1. The van der Waals surface area contributed by atoms with Gasteiger partial charge in [0.1, 0.15) is 0 Å². The molecule has 0 atom stereocenters. The van der Waals surface area contributed by atoms with Crippen molar-refractivity contribution < 1.29 is 22.7 Å². The van der Waals surface area contributed by atoms with E-state index >= 15 is 0 Å². The molecule has 0 aliphatic carbocycles. The van der Waals surface area contributed by atoms with Crippen LogP contribution < -0.4 is 19.5 Å². The van der Waals surface area contributed by atoms with Gasteiger partial charge in [-0.1, -0.05) is 30.3 Å². The first-order chi connectivity index (χ1) is 15.2. The number of amides is 1. The monoisotopic (exact) mass is 454 g/mol. The molecule has 7 nitrogen and oxygen atoms in total. The summed E-state index contributed by atoms with van der Waals surface area (Å²) in [5.41, 5.74) is 2.91. The van der Waals surface area contributed by atoms with Crippen LogP contribution in [0.2, 0.25) is 0 Å². The van der Waals surface area contributed by atoms with E-state index in [1.807, 2.05) is 25.1 Å². The lowest BCUT2D eigenvalue weighted by molar-refractivity contribution is 0.0950. The third-order valence-electron chi connectivity index (χ3n) is 5.03. The van der Waals surface area contributed by atoms with Crippen molar-refractivity contribution in [2.45, 2.75) is 25.3 Å². The Morgan fingerprint density at radius 3 is 2.28 bits per heavy atom. The Morgan fingerprint density at radius 1 is 0.875 bits per heavy atom. The molecular formula is C24H26N2O5S. The smallest absolute Gasteiger partial charge is 0.262 e. The van der Waals surface area contributed by atoms with Crippen LogP contribution in [0.3, 0.4) is 0 Å². The number of rotatable bonds is 8. The first kappa shape index (κ1) is 23.1. The highest BCUT2D eigenvalue weighted by atomic mass is 32.2. The fourth-order valence-corrected chi connectivity index (χ4v) is 4.60. The van der Waals surface area contributed by atoms with Crippen molar-refractivity contribution in [2.24, 2.45) is 0 Å². The highest BCUT2D eigenvalue weighted by Crippen LogP contribution is 2.27. The summed E-state index contributed by atoms with van der Waals surface area (Å²) in [5, 5.41) is 2.81. The molecule has 3 rings (SSSR count). The van der Waals surface area contributed by atoms with E-state index in [4.69, 9.17) is 9.47 Å². The molecule has 0 bridgehead atoms. The van der Waals surface area contributed by atoms with E-state index in [9.17, 15) is 13.2 Å². The first-order valence-electron chi connectivity index (χ1n) is 9.93. The second kappa shape index (κ2) is 9.74. The van der Waals surface area contributed by atoms with Gasteiger partial charge in [-0.15, -0.1) is 0 Å². The van der Waals surface area contributed by atoms with Crippen LogP contribution in [-0.4, -0.2) is 28.5 Å². The second-order valence-corrected chi connectivity index (χ2v) is 8.92. The van der Waals surface area contributed by atoms with Crippen molar-refractivity contribution in [2.75, 3.05) is 18.9 Å². The van der Waals surface area contributed by atoms with Crippen molar-refractivity contribution in [3.63, 3.8) is 0 Å². The van der Waals surface area contributed by atoms with E-state index in [0.717, 1.165) is 11.1 Å². The van der Waals surface area contributed by atoms with Gasteiger partial charge in [-0.05, 0) is 60.9 Å². The number of benzene rings is 3. The summed E-state index contributed by atoms with van der Waals surface area (Å²) in [6.07, 6.45) is 0. The summed E-state index contributed by atoms with van der Waals surface area (Å²) >= 11 is 0. The van der Waals surface area contributed by atoms with E-state index in [1.165, 1.54) is 6.07 Å². The SMILES string of the molecule is COc1ccc(CNC(=O)c2ccc(C)c(S(=O)(=O)Nc3ccccc3C)c2)cc1OC. The lowest BCUT2D eigenvalue weighted by Gasteiger charge is -2.14. The summed E-state index contributed by atoms with van der Waals surface area (Å²) in [7, 11) is -0.774. The Balaban J connectivity index is 1.79. The van der Waals surface area contributed by atoms with Crippen LogP contribution in [0.4, 0.5) is 5.69 Å². The molecule has 0 spiro atoms. The van der Waals surface area contributed by atoms with Gasteiger partial charge in [0.25, 0.3) is 15.9 Å². The number of hydrogen-bond acceptors (Lipinski definition) is 5. The van der Waals surface area contributed by atoms with Crippen LogP contribution >= 0.6 is 0 Å². The van der Waals surface area contributed by atoms with Gasteiger partial charge in [0.05, 0.1) is 24.8 Å². The third-order valence-corrected chi connectivity index (χ3v) is 6.54. The Labute approximate surface area is 188 Å². The van der Waals surface area contributed by atoms with Gasteiger partial charge in [0.2, 0.25) is 0 Å². The van der Waals surface area contributed by atoms with Gasteiger partial charge >= 0.3 is 0 Å².